The number of hydrogen-bond acceptors (Lipinski definition) is 8. The topological polar surface area (TPSA) is 156 Å². The zero-order chi connectivity index (χ0) is 28.5. The maximum atomic E-state index is 12.1. The van der Waals surface area contributed by atoms with Crippen LogP contribution in [0.25, 0.3) is 0 Å². The number of anilines is 1. The van der Waals surface area contributed by atoms with Gasteiger partial charge in [-0.1, -0.05) is 50.6 Å². The van der Waals surface area contributed by atoms with Gasteiger partial charge in [0.05, 0.1) is 16.5 Å². The first-order valence-corrected chi connectivity index (χ1v) is 13.5. The predicted molar refractivity (Wildman–Crippen MR) is 148 cm³/mol. The first-order chi connectivity index (χ1) is 17.8. The third-order valence-electron chi connectivity index (χ3n) is 5.89. The Morgan fingerprint density at radius 1 is 0.974 bits per heavy atom. The number of Topliss-reactive ketones (excluding diaryl/α,β-unsaturated/α-hetero) is 1. The summed E-state index contributed by atoms with van der Waals surface area (Å²) in [6.07, 6.45) is -2.49. The quantitative estimate of drug-likeness (QED) is 0.249. The summed E-state index contributed by atoms with van der Waals surface area (Å²) < 4.78 is 0. The van der Waals surface area contributed by atoms with Gasteiger partial charge < -0.3 is 31.1 Å². The van der Waals surface area contributed by atoms with Gasteiger partial charge in [0.1, 0.15) is 5.78 Å². The molecule has 11 heteroatoms. The number of ketones is 1. The van der Waals surface area contributed by atoms with E-state index in [0.717, 1.165) is 48.1 Å². The molecule has 1 heterocycles. The molecule has 2 atom stereocenters. The van der Waals surface area contributed by atoms with Crippen LogP contribution in [0.1, 0.15) is 37.5 Å². The van der Waals surface area contributed by atoms with E-state index in [4.69, 9.17) is 32.0 Å². The molecule has 3 rings (SSSR count). The minimum atomic E-state index is -2.27. The largest absolute Gasteiger partial charge is 0.479 e. The minimum Gasteiger partial charge on any atom is -0.479 e. The number of carboxylic acid groups (broad SMARTS) is 2. The van der Waals surface area contributed by atoms with E-state index in [2.05, 4.69) is 41.0 Å². The number of hydrogen-bond donors (Lipinski definition) is 6. The minimum absolute atomic E-state index is 0.275. The summed E-state index contributed by atoms with van der Waals surface area (Å²) in [6, 6.07) is 12.6. The van der Waals surface area contributed by atoms with Crippen LogP contribution in [0.3, 0.4) is 0 Å². The summed E-state index contributed by atoms with van der Waals surface area (Å²) in [5.41, 5.74) is 4.71. The van der Waals surface area contributed by atoms with Crippen molar-refractivity contribution in [3.63, 3.8) is 0 Å². The summed E-state index contributed by atoms with van der Waals surface area (Å²) in [5, 5.41) is 40.3. The molecule has 0 amide bonds. The number of fused-ring (bicyclic) bond motifs is 1. The number of aliphatic hydroxyl groups excluding tert-OH is 2. The monoisotopic (exact) mass is 566 g/mol. The van der Waals surface area contributed by atoms with Crippen molar-refractivity contribution >= 4 is 46.8 Å². The molecule has 0 radical (unpaired) electrons. The van der Waals surface area contributed by atoms with Gasteiger partial charge >= 0.3 is 11.9 Å². The molecule has 1 aliphatic heterocycles. The van der Waals surface area contributed by atoms with Crippen LogP contribution < -0.4 is 10.6 Å². The maximum Gasteiger partial charge on any atom is 0.335 e. The Balaban J connectivity index is 0.000000432. The first-order valence-electron chi connectivity index (χ1n) is 12.1. The van der Waals surface area contributed by atoms with Crippen LogP contribution in [-0.4, -0.2) is 69.2 Å². The van der Waals surface area contributed by atoms with Gasteiger partial charge in [-0.25, -0.2) is 9.59 Å². The lowest BCUT2D eigenvalue weighted by atomic mass is 9.92. The van der Waals surface area contributed by atoms with Gasteiger partial charge in [0.15, 0.2) is 12.2 Å². The van der Waals surface area contributed by atoms with E-state index >= 15 is 0 Å². The standard InChI is InChI=1S/C23H29ClN2OS.C4H6O6/c1-23(2,3)21(27)15-28-18-7-4-16(5-8-18)14-26-22-19-11-13-25-12-10-17(19)6-9-20(22)24;5-1(3(7)8)2(6)4(9)10/h4-9,25-26H,10-15H2,1-3H3;1-2,5-6H,(H,7,8)(H,9,10). The number of benzene rings is 2. The van der Waals surface area contributed by atoms with Crippen molar-refractivity contribution in [2.24, 2.45) is 5.41 Å². The van der Waals surface area contributed by atoms with Crippen LogP contribution in [-0.2, 0) is 33.8 Å². The predicted octanol–water partition coefficient (Wildman–Crippen LogP) is 3.23. The summed E-state index contributed by atoms with van der Waals surface area (Å²) >= 11 is 8.10. The number of nitrogens with one attached hydrogen (secondary N) is 2. The van der Waals surface area contributed by atoms with E-state index in [1.54, 1.807) is 11.8 Å². The molecule has 0 saturated heterocycles. The number of carboxylic acids is 2. The summed E-state index contributed by atoms with van der Waals surface area (Å²) in [5.74, 6) is -2.75. The number of thioether (sulfide) groups is 1. The molecule has 208 valence electrons. The molecule has 2 unspecified atom stereocenters. The Morgan fingerprint density at radius 2 is 1.55 bits per heavy atom. The third-order valence-corrected chi connectivity index (χ3v) is 7.21. The highest BCUT2D eigenvalue weighted by molar-refractivity contribution is 8.00. The average Bonchev–Trinajstić information content (AvgIpc) is 3.11. The van der Waals surface area contributed by atoms with Crippen molar-refractivity contribution in [3.8, 4) is 0 Å². The van der Waals surface area contributed by atoms with Crippen molar-refractivity contribution in [2.75, 3.05) is 24.2 Å². The molecule has 0 aliphatic carbocycles. The Kier molecular flexibility index (Phi) is 12.1. The van der Waals surface area contributed by atoms with Gasteiger partial charge in [-0.15, -0.1) is 11.8 Å². The van der Waals surface area contributed by atoms with Crippen LogP contribution in [0, 0.1) is 5.41 Å². The molecule has 2 aromatic rings. The SMILES string of the molecule is CC(C)(C)C(=O)CSc1ccc(CNc2c(Cl)ccc3c2CCNCC3)cc1.O=C(O)C(O)C(O)C(=O)O. The highest BCUT2D eigenvalue weighted by Crippen LogP contribution is 2.31. The highest BCUT2D eigenvalue weighted by atomic mass is 35.5. The molecule has 0 spiro atoms. The summed E-state index contributed by atoms with van der Waals surface area (Å²) in [6.45, 7) is 8.64. The van der Waals surface area contributed by atoms with Crippen molar-refractivity contribution in [1.29, 1.82) is 0 Å². The zero-order valence-corrected chi connectivity index (χ0v) is 23.2. The van der Waals surface area contributed by atoms with Crippen LogP contribution in [0.15, 0.2) is 41.3 Å². The van der Waals surface area contributed by atoms with Crippen LogP contribution in [0.4, 0.5) is 5.69 Å². The van der Waals surface area contributed by atoms with Crippen LogP contribution >= 0.6 is 23.4 Å². The van der Waals surface area contributed by atoms with Gasteiger partial charge in [0.25, 0.3) is 0 Å². The molecule has 9 nitrogen and oxygen atoms in total. The Morgan fingerprint density at radius 3 is 2.11 bits per heavy atom. The Labute approximate surface area is 231 Å². The Bertz CT molecular complexity index is 1100. The number of carbonyl (C=O) groups is 3. The van der Waals surface area contributed by atoms with Crippen molar-refractivity contribution in [3.05, 3.63) is 58.1 Å². The molecular weight excluding hydrogens is 532 g/mol. The van der Waals surface area contributed by atoms with E-state index in [1.165, 1.54) is 16.7 Å². The van der Waals surface area contributed by atoms with Gasteiger partial charge in [-0.2, -0.15) is 0 Å². The highest BCUT2D eigenvalue weighted by Gasteiger charge is 2.29. The van der Waals surface area contributed by atoms with E-state index in [-0.39, 0.29) is 11.2 Å². The molecule has 0 bridgehead atoms. The lowest BCUT2D eigenvalue weighted by molar-refractivity contribution is -0.165. The van der Waals surface area contributed by atoms with E-state index in [1.807, 2.05) is 26.8 Å². The normalized spacial score (nSPS) is 14.7. The fourth-order valence-electron chi connectivity index (χ4n) is 3.46. The second-order valence-corrected chi connectivity index (χ2v) is 11.3. The maximum absolute atomic E-state index is 12.1. The second-order valence-electron chi connectivity index (χ2n) is 9.84. The number of aliphatic carboxylic acids is 2. The van der Waals surface area contributed by atoms with Crippen molar-refractivity contribution in [1.82, 2.24) is 5.32 Å². The third kappa shape index (κ3) is 9.59. The van der Waals surface area contributed by atoms with Gasteiger partial charge in [0.2, 0.25) is 0 Å². The molecule has 0 saturated carbocycles. The van der Waals surface area contributed by atoms with Crippen LogP contribution in [0.5, 0.6) is 0 Å². The molecule has 0 fully saturated rings. The second kappa shape index (κ2) is 14.5. The fourth-order valence-corrected chi connectivity index (χ4v) is 4.77. The molecule has 38 heavy (non-hydrogen) atoms. The van der Waals surface area contributed by atoms with E-state index in [9.17, 15) is 14.4 Å². The zero-order valence-electron chi connectivity index (χ0n) is 21.7. The first kappa shape index (κ1) is 31.6. The van der Waals surface area contributed by atoms with E-state index in [0.29, 0.717) is 5.75 Å². The van der Waals surface area contributed by atoms with Crippen LogP contribution in [0.2, 0.25) is 5.02 Å². The van der Waals surface area contributed by atoms with Crippen molar-refractivity contribution < 1.29 is 34.8 Å². The summed E-state index contributed by atoms with van der Waals surface area (Å²) in [4.78, 5) is 32.8. The number of carbonyl (C=O) groups excluding carboxylic acids is 1. The smallest absolute Gasteiger partial charge is 0.335 e. The van der Waals surface area contributed by atoms with Gasteiger partial charge in [-0.05, 0) is 60.8 Å². The van der Waals surface area contributed by atoms with Gasteiger partial charge in [0, 0.05) is 16.9 Å². The van der Waals surface area contributed by atoms with Gasteiger partial charge in [-0.3, -0.25) is 4.79 Å². The van der Waals surface area contributed by atoms with Crippen molar-refractivity contribution in [2.45, 2.75) is 57.3 Å². The molecule has 0 aromatic heterocycles. The van der Waals surface area contributed by atoms with E-state index < -0.39 is 24.1 Å². The summed E-state index contributed by atoms with van der Waals surface area (Å²) in [7, 11) is 0. The Hall–Kier alpha value is -2.63. The number of rotatable bonds is 9. The molecule has 6 N–H and O–H groups in total. The fraction of sp³-hybridized carbons (Fsp3) is 0.444. The molecule has 1 aliphatic rings. The lowest BCUT2D eigenvalue weighted by Crippen LogP contribution is -2.39. The molecular formula is C27H35ClN2O7S. The lowest BCUT2D eigenvalue weighted by Gasteiger charge is -2.17. The average molecular weight is 567 g/mol. The number of halogens is 1. The molecule has 2 aromatic carbocycles. The number of aliphatic hydroxyl groups is 2.